The predicted molar refractivity (Wildman–Crippen MR) is 78.4 cm³/mol. The van der Waals surface area contributed by atoms with E-state index in [4.69, 9.17) is 17.3 Å². The monoisotopic (exact) mass is 269 g/mol. The Morgan fingerprint density at radius 1 is 0.947 bits per heavy atom. The maximum absolute atomic E-state index is 5.94. The highest BCUT2D eigenvalue weighted by Gasteiger charge is 2.05. The van der Waals surface area contributed by atoms with Crippen molar-refractivity contribution in [1.82, 2.24) is 9.78 Å². The van der Waals surface area contributed by atoms with Gasteiger partial charge in [0, 0.05) is 16.8 Å². The van der Waals surface area contributed by atoms with Crippen molar-refractivity contribution < 1.29 is 0 Å². The zero-order valence-corrected chi connectivity index (χ0v) is 10.9. The zero-order valence-electron chi connectivity index (χ0n) is 10.1. The van der Waals surface area contributed by atoms with Gasteiger partial charge < -0.3 is 5.73 Å². The number of nitrogens with zero attached hydrogens (tertiary/aromatic N) is 2. The van der Waals surface area contributed by atoms with Gasteiger partial charge in [0.25, 0.3) is 0 Å². The Bertz CT molecular complexity index is 701. The molecule has 2 aromatic carbocycles. The Labute approximate surface area is 116 Å². The lowest BCUT2D eigenvalue weighted by atomic mass is 10.1. The van der Waals surface area contributed by atoms with Gasteiger partial charge in [0.1, 0.15) is 0 Å². The number of hydrogen-bond acceptors (Lipinski definition) is 2. The Morgan fingerprint density at radius 2 is 1.68 bits per heavy atom. The van der Waals surface area contributed by atoms with E-state index < -0.39 is 0 Å². The molecular weight excluding hydrogens is 258 g/mol. The number of anilines is 1. The van der Waals surface area contributed by atoms with Gasteiger partial charge in [-0.1, -0.05) is 35.9 Å². The van der Waals surface area contributed by atoms with E-state index in [1.165, 1.54) is 0 Å². The number of rotatable bonds is 2. The van der Waals surface area contributed by atoms with Gasteiger partial charge in [0.05, 0.1) is 17.6 Å². The van der Waals surface area contributed by atoms with E-state index in [0.29, 0.717) is 5.69 Å². The first-order chi connectivity index (χ1) is 9.24. The average molecular weight is 270 g/mol. The van der Waals surface area contributed by atoms with Crippen LogP contribution in [0.5, 0.6) is 0 Å². The highest BCUT2D eigenvalue weighted by Crippen LogP contribution is 2.23. The molecule has 0 spiro atoms. The summed E-state index contributed by atoms with van der Waals surface area (Å²) < 4.78 is 1.78. The van der Waals surface area contributed by atoms with Crippen LogP contribution in [0.15, 0.2) is 60.9 Å². The molecule has 3 aromatic rings. The number of halogens is 1. The molecule has 0 radical (unpaired) electrons. The minimum atomic E-state index is 0.702. The summed E-state index contributed by atoms with van der Waals surface area (Å²) in [7, 11) is 0. The second kappa shape index (κ2) is 4.78. The molecule has 1 heterocycles. The highest BCUT2D eigenvalue weighted by molar-refractivity contribution is 6.30. The van der Waals surface area contributed by atoms with Crippen LogP contribution in [0.3, 0.4) is 0 Å². The lowest BCUT2D eigenvalue weighted by Gasteiger charge is -2.04. The summed E-state index contributed by atoms with van der Waals surface area (Å²) in [6.07, 6.45) is 3.77. The van der Waals surface area contributed by atoms with E-state index >= 15 is 0 Å². The fourth-order valence-corrected chi connectivity index (χ4v) is 2.07. The molecular formula is C15H12ClN3. The molecule has 3 rings (SSSR count). The molecule has 4 heteroatoms. The molecule has 94 valence electrons. The van der Waals surface area contributed by atoms with Crippen LogP contribution in [0.25, 0.3) is 16.8 Å². The second-order valence-electron chi connectivity index (χ2n) is 4.24. The SMILES string of the molecule is Nc1ccccc1-n1cc(-c2ccc(Cl)cc2)cn1. The molecule has 0 aliphatic heterocycles. The fourth-order valence-electron chi connectivity index (χ4n) is 1.94. The maximum Gasteiger partial charge on any atom is 0.0875 e. The summed E-state index contributed by atoms with van der Waals surface area (Å²) in [4.78, 5) is 0. The van der Waals surface area contributed by atoms with Crippen molar-refractivity contribution >= 4 is 17.3 Å². The summed E-state index contributed by atoms with van der Waals surface area (Å²) in [5.41, 5.74) is 9.62. The standard InChI is InChI=1S/C15H12ClN3/c16-13-7-5-11(6-8-13)12-9-18-19(10-12)15-4-2-1-3-14(15)17/h1-10H,17H2. The quantitative estimate of drug-likeness (QED) is 0.720. The van der Waals surface area contributed by atoms with Crippen molar-refractivity contribution in [2.24, 2.45) is 0 Å². The van der Waals surface area contributed by atoms with Crippen molar-refractivity contribution in [3.8, 4) is 16.8 Å². The van der Waals surface area contributed by atoms with Crippen LogP contribution < -0.4 is 5.73 Å². The van der Waals surface area contributed by atoms with Gasteiger partial charge in [-0.05, 0) is 29.8 Å². The molecule has 0 saturated carbocycles. The number of nitrogen functional groups attached to an aromatic ring is 1. The zero-order chi connectivity index (χ0) is 13.2. The van der Waals surface area contributed by atoms with E-state index in [2.05, 4.69) is 5.10 Å². The predicted octanol–water partition coefficient (Wildman–Crippen LogP) is 3.77. The third kappa shape index (κ3) is 2.33. The molecule has 19 heavy (non-hydrogen) atoms. The van der Waals surface area contributed by atoms with Crippen LogP contribution in [0, 0.1) is 0 Å². The molecule has 0 atom stereocenters. The van der Waals surface area contributed by atoms with Crippen molar-refractivity contribution in [2.45, 2.75) is 0 Å². The van der Waals surface area contributed by atoms with Crippen LogP contribution in [0.4, 0.5) is 5.69 Å². The molecule has 0 bridgehead atoms. The Kier molecular flexibility index (Phi) is 2.97. The van der Waals surface area contributed by atoms with E-state index in [9.17, 15) is 0 Å². The van der Waals surface area contributed by atoms with Crippen molar-refractivity contribution in [1.29, 1.82) is 0 Å². The van der Waals surface area contributed by atoms with Gasteiger partial charge in [-0.3, -0.25) is 0 Å². The van der Waals surface area contributed by atoms with E-state index in [0.717, 1.165) is 21.8 Å². The van der Waals surface area contributed by atoms with Crippen LogP contribution >= 0.6 is 11.6 Å². The molecule has 0 unspecified atom stereocenters. The first-order valence-corrected chi connectivity index (χ1v) is 6.27. The maximum atomic E-state index is 5.94. The smallest absolute Gasteiger partial charge is 0.0875 e. The lowest BCUT2D eigenvalue weighted by molar-refractivity contribution is 0.883. The minimum Gasteiger partial charge on any atom is -0.397 e. The molecule has 0 amide bonds. The summed E-state index contributed by atoms with van der Waals surface area (Å²) in [5, 5.41) is 5.08. The van der Waals surface area contributed by atoms with Gasteiger partial charge in [-0.25, -0.2) is 4.68 Å². The third-order valence-electron chi connectivity index (χ3n) is 2.94. The fraction of sp³-hybridized carbons (Fsp3) is 0. The normalized spacial score (nSPS) is 10.6. The number of aromatic nitrogens is 2. The molecule has 0 aliphatic rings. The molecule has 1 aromatic heterocycles. The van der Waals surface area contributed by atoms with Crippen LogP contribution in [0.1, 0.15) is 0 Å². The molecule has 0 saturated heterocycles. The molecule has 0 aliphatic carbocycles. The van der Waals surface area contributed by atoms with E-state index in [1.54, 1.807) is 4.68 Å². The third-order valence-corrected chi connectivity index (χ3v) is 3.20. The molecule has 2 N–H and O–H groups in total. The Hall–Kier alpha value is -2.26. The van der Waals surface area contributed by atoms with Crippen LogP contribution in [-0.4, -0.2) is 9.78 Å². The van der Waals surface area contributed by atoms with Gasteiger partial charge >= 0.3 is 0 Å². The highest BCUT2D eigenvalue weighted by atomic mass is 35.5. The second-order valence-corrected chi connectivity index (χ2v) is 4.68. The van der Waals surface area contributed by atoms with Gasteiger partial charge in [-0.15, -0.1) is 0 Å². The number of para-hydroxylation sites is 2. The Morgan fingerprint density at radius 3 is 2.42 bits per heavy atom. The number of benzene rings is 2. The number of hydrogen-bond donors (Lipinski definition) is 1. The van der Waals surface area contributed by atoms with Crippen molar-refractivity contribution in [3.63, 3.8) is 0 Å². The summed E-state index contributed by atoms with van der Waals surface area (Å²) >= 11 is 5.88. The van der Waals surface area contributed by atoms with Crippen molar-refractivity contribution in [2.75, 3.05) is 5.73 Å². The average Bonchev–Trinajstić information content (AvgIpc) is 2.89. The van der Waals surface area contributed by atoms with Crippen LogP contribution in [0.2, 0.25) is 5.02 Å². The van der Waals surface area contributed by atoms with Gasteiger partial charge in [0.2, 0.25) is 0 Å². The summed E-state index contributed by atoms with van der Waals surface area (Å²) in [6, 6.07) is 15.3. The largest absolute Gasteiger partial charge is 0.397 e. The van der Waals surface area contributed by atoms with E-state index in [1.807, 2.05) is 60.9 Å². The summed E-state index contributed by atoms with van der Waals surface area (Å²) in [6.45, 7) is 0. The van der Waals surface area contributed by atoms with Crippen LogP contribution in [-0.2, 0) is 0 Å². The number of nitrogens with two attached hydrogens (primary N) is 1. The van der Waals surface area contributed by atoms with E-state index in [-0.39, 0.29) is 0 Å². The minimum absolute atomic E-state index is 0.702. The first-order valence-electron chi connectivity index (χ1n) is 5.89. The lowest BCUT2D eigenvalue weighted by Crippen LogP contribution is -1.99. The first kappa shape index (κ1) is 11.8. The van der Waals surface area contributed by atoms with Crippen molar-refractivity contribution in [3.05, 3.63) is 65.9 Å². The topological polar surface area (TPSA) is 43.8 Å². The molecule has 3 nitrogen and oxygen atoms in total. The Balaban J connectivity index is 2.00. The molecule has 0 fully saturated rings. The summed E-state index contributed by atoms with van der Waals surface area (Å²) in [5.74, 6) is 0. The van der Waals surface area contributed by atoms with Gasteiger partial charge in [0.15, 0.2) is 0 Å². The van der Waals surface area contributed by atoms with Gasteiger partial charge in [-0.2, -0.15) is 5.10 Å².